The van der Waals surface area contributed by atoms with E-state index in [2.05, 4.69) is 37.9 Å². The summed E-state index contributed by atoms with van der Waals surface area (Å²) in [6.07, 6.45) is 0. The van der Waals surface area contributed by atoms with Gasteiger partial charge < -0.3 is 5.32 Å². The van der Waals surface area contributed by atoms with E-state index in [-0.39, 0.29) is 0 Å². The van der Waals surface area contributed by atoms with Crippen LogP contribution >= 0.6 is 24.8 Å². The van der Waals surface area contributed by atoms with Gasteiger partial charge in [0.15, 0.2) is 0 Å². The Hall–Kier alpha value is -0.540. The Labute approximate surface area is 83.6 Å². The summed E-state index contributed by atoms with van der Waals surface area (Å²) in [5.74, 6) is 0. The van der Waals surface area contributed by atoms with E-state index in [0.717, 1.165) is 5.69 Å². The van der Waals surface area contributed by atoms with E-state index in [0.29, 0.717) is 4.32 Å². The van der Waals surface area contributed by atoms with Crippen molar-refractivity contribution in [2.24, 2.45) is 0 Å². The second kappa shape index (κ2) is 3.92. The first-order valence-electron chi connectivity index (χ1n) is 3.67. The maximum absolute atomic E-state index is 4.83. The van der Waals surface area contributed by atoms with Crippen LogP contribution in [0.3, 0.4) is 0 Å². The molecule has 0 spiro atoms. The smallest absolute Gasteiger partial charge is 0.135 e. The van der Waals surface area contributed by atoms with Crippen molar-refractivity contribution >= 4 is 34.9 Å². The molecule has 0 amide bonds. The minimum Gasteiger partial charge on any atom is -0.341 e. The first kappa shape index (κ1) is 9.55. The molecule has 3 heteroatoms. The fourth-order valence-corrected chi connectivity index (χ4v) is 1.23. The molecule has 0 aliphatic heterocycles. The molecule has 0 aromatic heterocycles. The third-order valence-electron chi connectivity index (χ3n) is 1.85. The second-order valence-electron chi connectivity index (χ2n) is 2.68. The fraction of sp³-hybridized carbons (Fsp3) is 0.222. The first-order chi connectivity index (χ1) is 5.61. The molecule has 0 saturated heterocycles. The number of anilines is 1. The summed E-state index contributed by atoms with van der Waals surface area (Å²) in [6, 6.07) is 6.06. The maximum Gasteiger partial charge on any atom is 0.135 e. The van der Waals surface area contributed by atoms with Crippen LogP contribution in [-0.4, -0.2) is 4.32 Å². The zero-order valence-electron chi connectivity index (χ0n) is 7.09. The highest BCUT2D eigenvalue weighted by Crippen LogP contribution is 2.18. The predicted molar refractivity (Wildman–Crippen MR) is 61.1 cm³/mol. The largest absolute Gasteiger partial charge is 0.341 e. The molecule has 0 saturated carbocycles. The van der Waals surface area contributed by atoms with Crippen LogP contribution in [0.15, 0.2) is 18.2 Å². The first-order valence-corrected chi connectivity index (χ1v) is 4.53. The highest BCUT2D eigenvalue weighted by atomic mass is 32.1. The zero-order chi connectivity index (χ0) is 9.14. The molecule has 0 heterocycles. The van der Waals surface area contributed by atoms with Crippen LogP contribution in [0.5, 0.6) is 0 Å². The summed E-state index contributed by atoms with van der Waals surface area (Å²) in [7, 11) is 0. The van der Waals surface area contributed by atoms with Gasteiger partial charge in [-0.2, -0.15) is 0 Å². The SMILES string of the molecule is Cc1cccc(NC(=S)S)c1C. The van der Waals surface area contributed by atoms with Gasteiger partial charge in [0.2, 0.25) is 0 Å². The van der Waals surface area contributed by atoms with Gasteiger partial charge in [-0.1, -0.05) is 24.4 Å². The van der Waals surface area contributed by atoms with Gasteiger partial charge in [-0.3, -0.25) is 0 Å². The number of benzene rings is 1. The number of nitrogens with one attached hydrogen (secondary N) is 1. The Kier molecular flexibility index (Phi) is 3.12. The minimum absolute atomic E-state index is 0.503. The topological polar surface area (TPSA) is 12.0 Å². The van der Waals surface area contributed by atoms with Crippen molar-refractivity contribution in [3.8, 4) is 0 Å². The van der Waals surface area contributed by atoms with Crippen molar-refractivity contribution in [2.75, 3.05) is 5.32 Å². The van der Waals surface area contributed by atoms with Crippen molar-refractivity contribution in [1.82, 2.24) is 0 Å². The van der Waals surface area contributed by atoms with Gasteiger partial charge in [-0.25, -0.2) is 0 Å². The summed E-state index contributed by atoms with van der Waals surface area (Å²) < 4.78 is 0.503. The average molecular weight is 197 g/mol. The molecular weight excluding hydrogens is 186 g/mol. The molecule has 0 radical (unpaired) electrons. The zero-order valence-corrected chi connectivity index (χ0v) is 8.80. The van der Waals surface area contributed by atoms with Crippen molar-refractivity contribution in [3.63, 3.8) is 0 Å². The Morgan fingerprint density at radius 1 is 1.42 bits per heavy atom. The normalized spacial score (nSPS) is 9.58. The molecule has 1 rings (SSSR count). The lowest BCUT2D eigenvalue weighted by Gasteiger charge is -2.08. The van der Waals surface area contributed by atoms with E-state index < -0.39 is 0 Å². The molecule has 0 fully saturated rings. The van der Waals surface area contributed by atoms with Gasteiger partial charge in [0.05, 0.1) is 0 Å². The van der Waals surface area contributed by atoms with E-state index in [1.54, 1.807) is 0 Å². The maximum atomic E-state index is 4.83. The van der Waals surface area contributed by atoms with E-state index >= 15 is 0 Å². The summed E-state index contributed by atoms with van der Waals surface area (Å²) >= 11 is 8.84. The molecule has 0 atom stereocenters. The van der Waals surface area contributed by atoms with Gasteiger partial charge in [-0.15, -0.1) is 12.6 Å². The van der Waals surface area contributed by atoms with Gasteiger partial charge in [0.25, 0.3) is 0 Å². The molecular formula is C9H11NS2. The van der Waals surface area contributed by atoms with Crippen LogP contribution in [0.25, 0.3) is 0 Å². The number of hydrogen-bond acceptors (Lipinski definition) is 1. The van der Waals surface area contributed by atoms with Crippen molar-refractivity contribution in [3.05, 3.63) is 29.3 Å². The Bertz CT molecular complexity index is 307. The Morgan fingerprint density at radius 3 is 2.67 bits per heavy atom. The van der Waals surface area contributed by atoms with E-state index in [4.69, 9.17) is 12.2 Å². The Balaban J connectivity index is 3.00. The number of rotatable bonds is 1. The lowest BCUT2D eigenvalue weighted by molar-refractivity contribution is 1.34. The number of hydrogen-bond donors (Lipinski definition) is 2. The molecule has 0 unspecified atom stereocenters. The third-order valence-corrected chi connectivity index (χ3v) is 2.06. The number of thiol groups is 1. The molecule has 0 aliphatic rings. The lowest BCUT2D eigenvalue weighted by atomic mass is 10.1. The monoisotopic (exact) mass is 197 g/mol. The molecule has 0 aliphatic carbocycles. The number of thiocarbonyl (C=S) groups is 1. The molecule has 1 aromatic rings. The number of aryl methyl sites for hydroxylation is 1. The summed E-state index contributed by atoms with van der Waals surface area (Å²) in [5, 5.41) is 3.01. The summed E-state index contributed by atoms with van der Waals surface area (Å²) in [4.78, 5) is 0. The van der Waals surface area contributed by atoms with Crippen LogP contribution in [0.2, 0.25) is 0 Å². The molecule has 0 bridgehead atoms. The van der Waals surface area contributed by atoms with E-state index in [1.807, 2.05) is 12.1 Å². The van der Waals surface area contributed by atoms with Crippen molar-refractivity contribution in [2.45, 2.75) is 13.8 Å². The van der Waals surface area contributed by atoms with Crippen LogP contribution in [0.4, 0.5) is 5.69 Å². The second-order valence-corrected chi connectivity index (χ2v) is 3.84. The van der Waals surface area contributed by atoms with Crippen molar-refractivity contribution in [1.29, 1.82) is 0 Å². The standard InChI is InChI=1S/C9H11NS2/c1-6-4-3-5-8(7(6)2)10-9(11)12/h3-5H,1-2H3,(H2,10,11,12). The highest BCUT2D eigenvalue weighted by Gasteiger charge is 1.99. The third kappa shape index (κ3) is 2.22. The lowest BCUT2D eigenvalue weighted by Crippen LogP contribution is -2.02. The van der Waals surface area contributed by atoms with Gasteiger partial charge in [-0.05, 0) is 31.0 Å². The summed E-state index contributed by atoms with van der Waals surface area (Å²) in [5.41, 5.74) is 3.51. The van der Waals surface area contributed by atoms with Crippen LogP contribution < -0.4 is 5.32 Å². The molecule has 1 nitrogen and oxygen atoms in total. The molecule has 1 aromatic carbocycles. The van der Waals surface area contributed by atoms with Gasteiger partial charge >= 0.3 is 0 Å². The average Bonchev–Trinajstić information content (AvgIpc) is 1.98. The Morgan fingerprint density at radius 2 is 2.08 bits per heavy atom. The quantitative estimate of drug-likeness (QED) is 0.530. The minimum atomic E-state index is 0.503. The summed E-state index contributed by atoms with van der Waals surface area (Å²) in [6.45, 7) is 4.13. The van der Waals surface area contributed by atoms with Crippen LogP contribution in [0, 0.1) is 13.8 Å². The van der Waals surface area contributed by atoms with Crippen molar-refractivity contribution < 1.29 is 0 Å². The molecule has 1 N–H and O–H groups in total. The molecule has 12 heavy (non-hydrogen) atoms. The van der Waals surface area contributed by atoms with E-state index in [9.17, 15) is 0 Å². The van der Waals surface area contributed by atoms with Crippen LogP contribution in [-0.2, 0) is 0 Å². The fourth-order valence-electron chi connectivity index (χ4n) is 1.00. The van der Waals surface area contributed by atoms with Gasteiger partial charge in [0, 0.05) is 5.69 Å². The highest BCUT2D eigenvalue weighted by molar-refractivity contribution is 8.11. The molecule has 64 valence electrons. The predicted octanol–water partition coefficient (Wildman–Crippen LogP) is 2.93. The van der Waals surface area contributed by atoms with Gasteiger partial charge in [0.1, 0.15) is 4.32 Å². The van der Waals surface area contributed by atoms with Crippen LogP contribution in [0.1, 0.15) is 11.1 Å². The van der Waals surface area contributed by atoms with E-state index in [1.165, 1.54) is 11.1 Å².